The van der Waals surface area contributed by atoms with Gasteiger partial charge in [0.1, 0.15) is 11.4 Å². The first kappa shape index (κ1) is 24.1. The van der Waals surface area contributed by atoms with Crippen molar-refractivity contribution in [3.63, 3.8) is 0 Å². The van der Waals surface area contributed by atoms with E-state index in [-0.39, 0.29) is 5.92 Å². The molecule has 0 spiro atoms. The predicted octanol–water partition coefficient (Wildman–Crippen LogP) is 5.33. The monoisotopic (exact) mass is 493 g/mol. The van der Waals surface area contributed by atoms with Gasteiger partial charge in [-0.3, -0.25) is 9.98 Å². The number of para-hydroxylation sites is 1. The molecule has 0 amide bonds. The van der Waals surface area contributed by atoms with Crippen LogP contribution in [-0.4, -0.2) is 43.0 Å². The average Bonchev–Trinajstić information content (AvgIpc) is 3.48. The first-order valence-electron chi connectivity index (χ1n) is 12.0. The molecular weight excluding hydrogens is 466 g/mol. The number of methoxy groups -OCH3 is 1. The molecule has 1 aromatic carbocycles. The van der Waals surface area contributed by atoms with Crippen molar-refractivity contribution in [3.8, 4) is 17.1 Å². The van der Waals surface area contributed by atoms with Crippen molar-refractivity contribution < 1.29 is 4.74 Å². The Morgan fingerprint density at radius 2 is 1.97 bits per heavy atom. The summed E-state index contributed by atoms with van der Waals surface area (Å²) in [7, 11) is 3.34. The number of aryl methyl sites for hydroxylation is 1. The first-order chi connectivity index (χ1) is 17.9. The fraction of sp³-hybridized carbons (Fsp3) is 0.296. The van der Waals surface area contributed by atoms with E-state index >= 15 is 0 Å². The second kappa shape index (κ2) is 9.78. The second-order valence-corrected chi connectivity index (χ2v) is 9.25. The molecule has 1 aliphatic heterocycles. The second-order valence-electron chi connectivity index (χ2n) is 9.25. The fourth-order valence-corrected chi connectivity index (χ4v) is 4.45. The maximum atomic E-state index is 7.55. The summed E-state index contributed by atoms with van der Waals surface area (Å²) in [6.45, 7) is 13.7. The number of rotatable bonds is 7. The minimum Gasteiger partial charge on any atom is -0.494 e. The van der Waals surface area contributed by atoms with Crippen molar-refractivity contribution >= 4 is 28.6 Å². The minimum atomic E-state index is 0.238. The Morgan fingerprint density at radius 3 is 2.68 bits per heavy atom. The summed E-state index contributed by atoms with van der Waals surface area (Å²) in [5.41, 5.74) is 7.63. The number of aromatic nitrogens is 6. The molecule has 37 heavy (non-hydrogen) atoms. The highest BCUT2D eigenvalue weighted by Crippen LogP contribution is 2.41. The molecule has 3 aromatic heterocycles. The topological polar surface area (TPSA) is 107 Å². The molecule has 5 rings (SSSR count). The molecule has 0 bridgehead atoms. The van der Waals surface area contributed by atoms with Crippen molar-refractivity contribution in [2.45, 2.75) is 39.5 Å². The van der Waals surface area contributed by atoms with Gasteiger partial charge in [-0.05, 0) is 47.9 Å². The number of anilines is 2. The molecule has 10 heteroatoms. The summed E-state index contributed by atoms with van der Waals surface area (Å²) >= 11 is 0. The maximum Gasteiger partial charge on any atom is 0.273 e. The van der Waals surface area contributed by atoms with Gasteiger partial charge in [-0.1, -0.05) is 32.6 Å². The Labute approximate surface area is 215 Å². The summed E-state index contributed by atoms with van der Waals surface area (Å²) in [5.74, 6) is 1.77. The van der Waals surface area contributed by atoms with Gasteiger partial charge >= 0.3 is 0 Å². The molecule has 186 valence electrons. The SMILES string of the molecule is [C-]#[N+]c1nc(Cc2cc(Nc3cccc(-c4nnn(C)n4)c3OC)c3c(n2)CC(C)=N3)ccc1C(C)C. The van der Waals surface area contributed by atoms with Crippen LogP contribution < -0.4 is 10.1 Å². The van der Waals surface area contributed by atoms with Crippen LogP contribution in [0, 0.1) is 6.57 Å². The molecule has 1 aliphatic rings. The number of ether oxygens (including phenoxy) is 1. The third-order valence-electron chi connectivity index (χ3n) is 6.13. The average molecular weight is 494 g/mol. The zero-order valence-corrected chi connectivity index (χ0v) is 21.4. The van der Waals surface area contributed by atoms with Gasteiger partial charge in [0.15, 0.2) is 5.75 Å². The van der Waals surface area contributed by atoms with Crippen LogP contribution in [0.4, 0.5) is 22.9 Å². The van der Waals surface area contributed by atoms with Crippen LogP contribution in [0.3, 0.4) is 0 Å². The van der Waals surface area contributed by atoms with Crippen LogP contribution in [-0.2, 0) is 19.9 Å². The van der Waals surface area contributed by atoms with Crippen LogP contribution in [0.5, 0.6) is 5.75 Å². The van der Waals surface area contributed by atoms with Crippen LogP contribution in [0.1, 0.15) is 49.3 Å². The highest BCUT2D eigenvalue weighted by molar-refractivity contribution is 5.95. The zero-order chi connectivity index (χ0) is 26.1. The van der Waals surface area contributed by atoms with Crippen molar-refractivity contribution in [2.24, 2.45) is 12.0 Å². The third-order valence-corrected chi connectivity index (χ3v) is 6.13. The molecule has 0 aliphatic carbocycles. The Hall–Kier alpha value is -4.65. The van der Waals surface area contributed by atoms with Crippen LogP contribution in [0.15, 0.2) is 41.4 Å². The summed E-state index contributed by atoms with van der Waals surface area (Å²) in [4.78, 5) is 19.3. The van der Waals surface area contributed by atoms with Crippen molar-refractivity contribution in [1.29, 1.82) is 0 Å². The van der Waals surface area contributed by atoms with E-state index in [0.717, 1.165) is 51.0 Å². The largest absolute Gasteiger partial charge is 0.494 e. The lowest BCUT2D eigenvalue weighted by atomic mass is 10.0. The van der Waals surface area contributed by atoms with E-state index in [9.17, 15) is 0 Å². The molecule has 0 saturated carbocycles. The van der Waals surface area contributed by atoms with Gasteiger partial charge in [-0.25, -0.2) is 0 Å². The van der Waals surface area contributed by atoms with Crippen molar-refractivity contribution in [1.82, 2.24) is 30.2 Å². The van der Waals surface area contributed by atoms with Crippen molar-refractivity contribution in [2.75, 3.05) is 12.4 Å². The highest BCUT2D eigenvalue weighted by Gasteiger charge is 2.22. The Bertz CT molecular complexity index is 1560. The lowest BCUT2D eigenvalue weighted by molar-refractivity contribution is 0.418. The standard InChI is InChI=1S/C27H27N9O/c1-15(2)19-11-10-17(31-26(19)28-4)13-18-14-23(24-22(30-18)12-16(3)29-24)32-21-9-7-8-20(25(21)37-6)27-33-35-36(5)34-27/h7-11,14-15H,12-13H2,1-3,5-6H3,(H,30,32). The molecule has 0 radical (unpaired) electrons. The number of nitrogens with zero attached hydrogens (tertiary/aromatic N) is 8. The number of pyridine rings is 2. The van der Waals surface area contributed by atoms with Crippen LogP contribution in [0.25, 0.3) is 16.2 Å². The summed E-state index contributed by atoms with van der Waals surface area (Å²) < 4.78 is 5.77. The number of tetrazole rings is 1. The van der Waals surface area contributed by atoms with Gasteiger partial charge in [-0.2, -0.15) is 4.80 Å². The highest BCUT2D eigenvalue weighted by atomic mass is 16.5. The van der Waals surface area contributed by atoms with E-state index in [1.165, 1.54) is 4.80 Å². The molecule has 4 aromatic rings. The normalized spacial score (nSPS) is 12.3. The number of hydrogen-bond acceptors (Lipinski definition) is 8. The smallest absolute Gasteiger partial charge is 0.273 e. The quantitative estimate of drug-likeness (QED) is 0.347. The fourth-order valence-electron chi connectivity index (χ4n) is 4.45. The van der Waals surface area contributed by atoms with E-state index in [0.29, 0.717) is 30.2 Å². The van der Waals surface area contributed by atoms with Gasteiger partial charge in [0, 0.05) is 12.1 Å². The van der Waals surface area contributed by atoms with E-state index in [1.54, 1.807) is 14.2 Å². The lowest BCUT2D eigenvalue weighted by Gasteiger charge is -2.16. The van der Waals surface area contributed by atoms with E-state index in [2.05, 4.69) is 44.4 Å². The molecule has 1 N–H and O–H groups in total. The summed E-state index contributed by atoms with van der Waals surface area (Å²) in [6, 6.07) is 11.7. The third kappa shape index (κ3) is 4.76. The number of nitrogens with one attached hydrogen (secondary N) is 1. The van der Waals surface area contributed by atoms with Crippen molar-refractivity contribution in [3.05, 3.63) is 70.5 Å². The number of aliphatic imine (C=N–C) groups is 1. The van der Waals surface area contributed by atoms with Gasteiger partial charge in [0.2, 0.25) is 5.82 Å². The Morgan fingerprint density at radius 1 is 1.14 bits per heavy atom. The molecular formula is C27H27N9O. The Kier molecular flexibility index (Phi) is 6.36. The minimum absolute atomic E-state index is 0.238. The number of benzene rings is 1. The number of fused-ring (bicyclic) bond motifs is 1. The summed E-state index contributed by atoms with van der Waals surface area (Å²) in [6.07, 6.45) is 1.19. The molecule has 10 nitrogen and oxygen atoms in total. The van der Waals surface area contributed by atoms with Gasteiger partial charge in [0.05, 0.1) is 48.9 Å². The zero-order valence-electron chi connectivity index (χ0n) is 21.4. The Balaban J connectivity index is 1.53. The lowest BCUT2D eigenvalue weighted by Crippen LogP contribution is -2.03. The van der Waals surface area contributed by atoms with E-state index in [4.69, 9.17) is 21.3 Å². The molecule has 0 atom stereocenters. The van der Waals surface area contributed by atoms with Gasteiger partial charge in [0.25, 0.3) is 5.82 Å². The van der Waals surface area contributed by atoms with Gasteiger partial charge < -0.3 is 14.9 Å². The van der Waals surface area contributed by atoms with E-state index in [1.807, 2.05) is 43.3 Å². The molecule has 4 heterocycles. The van der Waals surface area contributed by atoms with E-state index < -0.39 is 0 Å². The molecule has 0 fully saturated rings. The van der Waals surface area contributed by atoms with Crippen LogP contribution in [0.2, 0.25) is 0 Å². The molecule has 0 unspecified atom stereocenters. The number of hydrogen-bond donors (Lipinski definition) is 1. The maximum absolute atomic E-state index is 7.55. The molecule has 0 saturated heterocycles. The van der Waals surface area contributed by atoms with Crippen LogP contribution >= 0.6 is 0 Å². The summed E-state index contributed by atoms with van der Waals surface area (Å²) in [5, 5.41) is 15.9. The first-order valence-corrected chi connectivity index (χ1v) is 12.0. The van der Waals surface area contributed by atoms with Gasteiger partial charge in [-0.15, -0.1) is 15.2 Å². The predicted molar refractivity (Wildman–Crippen MR) is 142 cm³/mol.